The Morgan fingerprint density at radius 3 is 2.89 bits per heavy atom. The molecule has 18 heavy (non-hydrogen) atoms. The molecule has 1 aromatic rings. The molecular weight excluding hydrogens is 236 g/mol. The molecule has 2 N–H and O–H groups in total. The fraction of sp³-hybridized carbons (Fsp3) is 0.333. The van der Waals surface area contributed by atoms with Crippen molar-refractivity contribution in [1.82, 2.24) is 5.32 Å². The van der Waals surface area contributed by atoms with E-state index in [1.165, 1.54) is 7.11 Å². The normalized spacial score (nSPS) is 14.5. The number of urea groups is 1. The number of rotatable bonds is 4. The number of carboxylic acid groups (broad SMARTS) is 1. The zero-order chi connectivity index (χ0) is 13.1. The van der Waals surface area contributed by atoms with Crippen LogP contribution in [0.3, 0.4) is 0 Å². The fourth-order valence-corrected chi connectivity index (χ4v) is 1.93. The second-order valence-corrected chi connectivity index (χ2v) is 3.96. The van der Waals surface area contributed by atoms with E-state index in [1.807, 2.05) is 0 Å². The lowest BCUT2D eigenvalue weighted by Crippen LogP contribution is -2.28. The molecule has 0 atom stereocenters. The number of aliphatic carboxylic acids is 1. The highest BCUT2D eigenvalue weighted by Gasteiger charge is 2.24. The summed E-state index contributed by atoms with van der Waals surface area (Å²) < 4.78 is 5.20. The van der Waals surface area contributed by atoms with E-state index < -0.39 is 5.97 Å². The standard InChI is InChI=1S/C12H14N2O4/c1-18-10-3-2-8(7-11(15)16)6-9(10)14-5-4-13-12(14)17/h2-3,6H,4-5,7H2,1H3,(H,13,17)(H,15,16). The molecule has 0 aromatic heterocycles. The number of amides is 2. The zero-order valence-corrected chi connectivity index (χ0v) is 9.97. The number of anilines is 1. The summed E-state index contributed by atoms with van der Waals surface area (Å²) in [6, 6.07) is 4.85. The molecule has 1 aromatic carbocycles. The van der Waals surface area contributed by atoms with Crippen molar-refractivity contribution >= 4 is 17.7 Å². The van der Waals surface area contributed by atoms with Crippen LogP contribution in [0.2, 0.25) is 0 Å². The first-order valence-corrected chi connectivity index (χ1v) is 5.56. The van der Waals surface area contributed by atoms with Crippen LogP contribution < -0.4 is 15.0 Å². The maximum absolute atomic E-state index is 11.6. The first kappa shape index (κ1) is 12.2. The summed E-state index contributed by atoms with van der Waals surface area (Å²) in [5.74, 6) is -0.349. The molecule has 0 radical (unpaired) electrons. The van der Waals surface area contributed by atoms with Crippen LogP contribution in [-0.2, 0) is 11.2 Å². The minimum atomic E-state index is -0.906. The zero-order valence-electron chi connectivity index (χ0n) is 9.97. The van der Waals surface area contributed by atoms with Crippen molar-refractivity contribution in [3.63, 3.8) is 0 Å². The van der Waals surface area contributed by atoms with Crippen molar-refractivity contribution < 1.29 is 19.4 Å². The Labute approximate surface area is 104 Å². The van der Waals surface area contributed by atoms with Gasteiger partial charge in [-0.2, -0.15) is 0 Å². The van der Waals surface area contributed by atoms with Gasteiger partial charge >= 0.3 is 12.0 Å². The van der Waals surface area contributed by atoms with Gasteiger partial charge in [-0.3, -0.25) is 9.69 Å². The van der Waals surface area contributed by atoms with Crippen LogP contribution >= 0.6 is 0 Å². The highest BCUT2D eigenvalue weighted by molar-refractivity contribution is 5.95. The lowest BCUT2D eigenvalue weighted by molar-refractivity contribution is -0.136. The molecule has 0 bridgehead atoms. The van der Waals surface area contributed by atoms with Gasteiger partial charge in [-0.15, -0.1) is 0 Å². The number of ether oxygens (including phenoxy) is 1. The Balaban J connectivity index is 2.35. The van der Waals surface area contributed by atoms with E-state index in [1.54, 1.807) is 23.1 Å². The van der Waals surface area contributed by atoms with E-state index in [9.17, 15) is 9.59 Å². The predicted molar refractivity (Wildman–Crippen MR) is 65.1 cm³/mol. The third-order valence-corrected chi connectivity index (χ3v) is 2.75. The molecule has 0 aliphatic carbocycles. The molecular formula is C12H14N2O4. The molecule has 0 unspecified atom stereocenters. The molecule has 2 rings (SSSR count). The van der Waals surface area contributed by atoms with E-state index in [-0.39, 0.29) is 12.5 Å². The Kier molecular flexibility index (Phi) is 3.36. The van der Waals surface area contributed by atoms with Crippen molar-refractivity contribution in [2.45, 2.75) is 6.42 Å². The van der Waals surface area contributed by atoms with Crippen molar-refractivity contribution in [2.24, 2.45) is 0 Å². The second-order valence-electron chi connectivity index (χ2n) is 3.96. The van der Waals surface area contributed by atoms with Crippen LogP contribution in [0.4, 0.5) is 10.5 Å². The van der Waals surface area contributed by atoms with Gasteiger partial charge in [0, 0.05) is 13.1 Å². The second kappa shape index (κ2) is 4.95. The number of hydrogen-bond acceptors (Lipinski definition) is 3. The third kappa shape index (κ3) is 2.37. The van der Waals surface area contributed by atoms with Gasteiger partial charge in [0.25, 0.3) is 0 Å². The predicted octanol–water partition coefficient (Wildman–Crippen LogP) is 0.852. The quantitative estimate of drug-likeness (QED) is 0.830. The van der Waals surface area contributed by atoms with E-state index in [2.05, 4.69) is 5.32 Å². The van der Waals surface area contributed by atoms with Gasteiger partial charge in [0.05, 0.1) is 19.2 Å². The summed E-state index contributed by atoms with van der Waals surface area (Å²) in [5.41, 5.74) is 1.24. The summed E-state index contributed by atoms with van der Waals surface area (Å²) in [6.45, 7) is 1.12. The summed E-state index contributed by atoms with van der Waals surface area (Å²) in [7, 11) is 1.52. The number of carbonyl (C=O) groups is 2. The fourth-order valence-electron chi connectivity index (χ4n) is 1.93. The van der Waals surface area contributed by atoms with Crippen molar-refractivity contribution in [3.05, 3.63) is 23.8 Å². The maximum Gasteiger partial charge on any atom is 0.322 e. The molecule has 2 amide bonds. The molecule has 1 fully saturated rings. The number of benzene rings is 1. The molecule has 1 aliphatic rings. The Hall–Kier alpha value is -2.24. The van der Waals surface area contributed by atoms with Crippen molar-refractivity contribution in [3.8, 4) is 5.75 Å². The number of nitrogens with one attached hydrogen (secondary N) is 1. The number of nitrogens with zero attached hydrogens (tertiary/aromatic N) is 1. The monoisotopic (exact) mass is 250 g/mol. The average Bonchev–Trinajstić information content (AvgIpc) is 2.74. The summed E-state index contributed by atoms with van der Waals surface area (Å²) in [4.78, 5) is 23.9. The van der Waals surface area contributed by atoms with Crippen LogP contribution in [0.15, 0.2) is 18.2 Å². The van der Waals surface area contributed by atoms with Crippen LogP contribution in [-0.4, -0.2) is 37.3 Å². The van der Waals surface area contributed by atoms with E-state index >= 15 is 0 Å². The molecule has 1 saturated heterocycles. The highest BCUT2D eigenvalue weighted by atomic mass is 16.5. The molecule has 6 nitrogen and oxygen atoms in total. The summed E-state index contributed by atoms with van der Waals surface area (Å²) >= 11 is 0. The minimum absolute atomic E-state index is 0.0769. The van der Waals surface area contributed by atoms with E-state index in [0.717, 1.165) is 0 Å². The van der Waals surface area contributed by atoms with Gasteiger partial charge in [-0.05, 0) is 17.7 Å². The molecule has 1 aliphatic heterocycles. The van der Waals surface area contributed by atoms with Crippen molar-refractivity contribution in [1.29, 1.82) is 0 Å². The SMILES string of the molecule is COc1ccc(CC(=O)O)cc1N1CCNC1=O. The smallest absolute Gasteiger partial charge is 0.322 e. The number of hydrogen-bond donors (Lipinski definition) is 2. The van der Waals surface area contributed by atoms with Crippen molar-refractivity contribution in [2.75, 3.05) is 25.1 Å². The Morgan fingerprint density at radius 2 is 2.33 bits per heavy atom. The Bertz CT molecular complexity index is 487. The lowest BCUT2D eigenvalue weighted by atomic mass is 10.1. The van der Waals surface area contributed by atoms with Crippen LogP contribution in [0.25, 0.3) is 0 Å². The molecule has 96 valence electrons. The topological polar surface area (TPSA) is 78.9 Å². The van der Waals surface area contributed by atoms with Crippen LogP contribution in [0, 0.1) is 0 Å². The lowest BCUT2D eigenvalue weighted by Gasteiger charge is -2.18. The van der Waals surface area contributed by atoms with Gasteiger partial charge in [-0.1, -0.05) is 6.07 Å². The van der Waals surface area contributed by atoms with Gasteiger partial charge in [0.1, 0.15) is 5.75 Å². The maximum atomic E-state index is 11.6. The van der Waals surface area contributed by atoms with Gasteiger partial charge in [-0.25, -0.2) is 4.79 Å². The van der Waals surface area contributed by atoms with E-state index in [4.69, 9.17) is 9.84 Å². The van der Waals surface area contributed by atoms with Crippen LogP contribution in [0.1, 0.15) is 5.56 Å². The first-order chi connectivity index (χ1) is 8.61. The minimum Gasteiger partial charge on any atom is -0.495 e. The van der Waals surface area contributed by atoms with Gasteiger partial charge < -0.3 is 15.2 Å². The Morgan fingerprint density at radius 1 is 1.56 bits per heavy atom. The highest BCUT2D eigenvalue weighted by Crippen LogP contribution is 2.30. The molecule has 6 heteroatoms. The third-order valence-electron chi connectivity index (χ3n) is 2.75. The number of carbonyl (C=O) groups excluding carboxylic acids is 1. The van der Waals surface area contributed by atoms with Gasteiger partial charge in [0.15, 0.2) is 0 Å². The summed E-state index contributed by atoms with van der Waals surface area (Å²) in [6.07, 6.45) is -0.0769. The average molecular weight is 250 g/mol. The van der Waals surface area contributed by atoms with Crippen LogP contribution in [0.5, 0.6) is 5.75 Å². The van der Waals surface area contributed by atoms with E-state index in [0.29, 0.717) is 30.1 Å². The largest absolute Gasteiger partial charge is 0.495 e. The first-order valence-electron chi connectivity index (χ1n) is 5.56. The summed E-state index contributed by atoms with van der Waals surface area (Å²) in [5, 5.41) is 11.5. The molecule has 1 heterocycles. The molecule has 0 spiro atoms. The number of methoxy groups -OCH3 is 1. The molecule has 0 saturated carbocycles. The van der Waals surface area contributed by atoms with Gasteiger partial charge in [0.2, 0.25) is 0 Å². The number of carboxylic acids is 1.